The highest BCUT2D eigenvalue weighted by Crippen LogP contribution is 2.25. The van der Waals surface area contributed by atoms with Crippen LogP contribution in [-0.4, -0.2) is 21.6 Å². The van der Waals surface area contributed by atoms with Gasteiger partial charge in [0.15, 0.2) is 5.82 Å². The highest BCUT2D eigenvalue weighted by atomic mass is 16.5. The van der Waals surface area contributed by atoms with Crippen molar-refractivity contribution in [2.75, 3.05) is 12.3 Å². The first kappa shape index (κ1) is 15.2. The van der Waals surface area contributed by atoms with Gasteiger partial charge in [0.05, 0.1) is 6.61 Å². The van der Waals surface area contributed by atoms with Gasteiger partial charge in [0.2, 0.25) is 5.95 Å². The standard InChI is InChI=1S/C16H22N4O/c1-5-10-21-15-19-13(18-14(17)20-15)11-6-8-12(9-7-11)16(2,3)4/h6-9H,5,10H2,1-4H3,(H2,17,18,19,20). The molecule has 0 spiro atoms. The predicted molar refractivity (Wildman–Crippen MR) is 84.2 cm³/mol. The molecule has 2 rings (SSSR count). The highest BCUT2D eigenvalue weighted by Gasteiger charge is 2.14. The number of benzene rings is 1. The van der Waals surface area contributed by atoms with Gasteiger partial charge in [-0.25, -0.2) is 0 Å². The van der Waals surface area contributed by atoms with Gasteiger partial charge in [-0.2, -0.15) is 15.0 Å². The van der Waals surface area contributed by atoms with Crippen molar-refractivity contribution in [1.82, 2.24) is 15.0 Å². The van der Waals surface area contributed by atoms with Crippen molar-refractivity contribution in [3.8, 4) is 17.4 Å². The highest BCUT2D eigenvalue weighted by molar-refractivity contribution is 5.57. The van der Waals surface area contributed by atoms with Crippen molar-refractivity contribution in [2.24, 2.45) is 0 Å². The summed E-state index contributed by atoms with van der Waals surface area (Å²) in [7, 11) is 0. The van der Waals surface area contributed by atoms with E-state index >= 15 is 0 Å². The minimum Gasteiger partial charge on any atom is -0.463 e. The number of nitrogens with zero attached hydrogens (tertiary/aromatic N) is 3. The molecule has 1 heterocycles. The molecule has 1 aromatic heterocycles. The topological polar surface area (TPSA) is 73.9 Å². The summed E-state index contributed by atoms with van der Waals surface area (Å²) in [5.41, 5.74) is 8.00. The minimum absolute atomic E-state index is 0.117. The Labute approximate surface area is 125 Å². The Balaban J connectivity index is 2.31. The molecule has 0 atom stereocenters. The zero-order chi connectivity index (χ0) is 15.5. The van der Waals surface area contributed by atoms with Gasteiger partial charge >= 0.3 is 6.01 Å². The van der Waals surface area contributed by atoms with Crippen molar-refractivity contribution in [1.29, 1.82) is 0 Å². The van der Waals surface area contributed by atoms with E-state index in [2.05, 4.69) is 47.9 Å². The van der Waals surface area contributed by atoms with E-state index in [0.717, 1.165) is 12.0 Å². The van der Waals surface area contributed by atoms with Crippen LogP contribution < -0.4 is 10.5 Å². The molecule has 0 aliphatic heterocycles. The zero-order valence-corrected chi connectivity index (χ0v) is 13.1. The quantitative estimate of drug-likeness (QED) is 0.934. The molecule has 0 unspecified atom stereocenters. The van der Waals surface area contributed by atoms with Crippen molar-refractivity contribution in [2.45, 2.75) is 39.5 Å². The van der Waals surface area contributed by atoms with E-state index in [1.807, 2.05) is 19.1 Å². The van der Waals surface area contributed by atoms with E-state index < -0.39 is 0 Å². The van der Waals surface area contributed by atoms with Crippen LogP contribution in [0.15, 0.2) is 24.3 Å². The molecule has 2 N–H and O–H groups in total. The van der Waals surface area contributed by atoms with Crippen molar-refractivity contribution in [3.05, 3.63) is 29.8 Å². The van der Waals surface area contributed by atoms with Crippen LogP contribution in [0, 0.1) is 0 Å². The van der Waals surface area contributed by atoms with Crippen LogP contribution in [0.5, 0.6) is 6.01 Å². The van der Waals surface area contributed by atoms with Crippen LogP contribution in [0.4, 0.5) is 5.95 Å². The van der Waals surface area contributed by atoms with Gasteiger partial charge < -0.3 is 10.5 Å². The smallest absolute Gasteiger partial charge is 0.321 e. The van der Waals surface area contributed by atoms with Crippen molar-refractivity contribution >= 4 is 5.95 Å². The van der Waals surface area contributed by atoms with E-state index in [9.17, 15) is 0 Å². The lowest BCUT2D eigenvalue weighted by molar-refractivity contribution is 0.292. The average molecular weight is 286 g/mol. The molecule has 0 bridgehead atoms. The second-order valence-corrected chi connectivity index (χ2v) is 5.98. The number of anilines is 1. The lowest BCUT2D eigenvalue weighted by Crippen LogP contribution is -2.10. The fourth-order valence-electron chi connectivity index (χ4n) is 1.88. The molecule has 5 nitrogen and oxygen atoms in total. The first-order valence-electron chi connectivity index (χ1n) is 7.15. The molecule has 5 heteroatoms. The third kappa shape index (κ3) is 3.90. The molecule has 1 aromatic carbocycles. The number of nitrogens with two attached hydrogens (primary N) is 1. The lowest BCUT2D eigenvalue weighted by Gasteiger charge is -2.19. The fraction of sp³-hybridized carbons (Fsp3) is 0.438. The molecular weight excluding hydrogens is 264 g/mol. The first-order chi connectivity index (χ1) is 9.90. The van der Waals surface area contributed by atoms with Gasteiger partial charge in [0.1, 0.15) is 0 Å². The van der Waals surface area contributed by atoms with Gasteiger partial charge in [-0.15, -0.1) is 0 Å². The summed E-state index contributed by atoms with van der Waals surface area (Å²) in [4.78, 5) is 12.5. The maximum Gasteiger partial charge on any atom is 0.321 e. The number of rotatable bonds is 4. The molecule has 0 saturated heterocycles. The van der Waals surface area contributed by atoms with Crippen LogP contribution in [0.1, 0.15) is 39.7 Å². The Morgan fingerprint density at radius 1 is 1.05 bits per heavy atom. The SMILES string of the molecule is CCCOc1nc(N)nc(-c2ccc(C(C)(C)C)cc2)n1. The minimum atomic E-state index is 0.117. The second-order valence-electron chi connectivity index (χ2n) is 5.98. The molecule has 0 aliphatic rings. The normalized spacial score (nSPS) is 11.4. The number of aromatic nitrogens is 3. The fourth-order valence-corrected chi connectivity index (χ4v) is 1.88. The van der Waals surface area contributed by atoms with Crippen LogP contribution in [0.25, 0.3) is 11.4 Å². The zero-order valence-electron chi connectivity index (χ0n) is 13.1. The molecule has 0 saturated carbocycles. The monoisotopic (exact) mass is 286 g/mol. The molecule has 0 radical (unpaired) electrons. The summed E-state index contributed by atoms with van der Waals surface area (Å²) >= 11 is 0. The van der Waals surface area contributed by atoms with E-state index in [1.165, 1.54) is 5.56 Å². The Morgan fingerprint density at radius 2 is 1.71 bits per heavy atom. The van der Waals surface area contributed by atoms with Crippen LogP contribution >= 0.6 is 0 Å². The van der Waals surface area contributed by atoms with Gasteiger partial charge in [-0.05, 0) is 17.4 Å². The van der Waals surface area contributed by atoms with E-state index in [-0.39, 0.29) is 17.4 Å². The third-order valence-corrected chi connectivity index (χ3v) is 3.08. The first-order valence-corrected chi connectivity index (χ1v) is 7.15. The van der Waals surface area contributed by atoms with Crippen LogP contribution in [-0.2, 0) is 5.41 Å². The average Bonchev–Trinajstić information content (AvgIpc) is 2.44. The van der Waals surface area contributed by atoms with Gasteiger partial charge in [-0.1, -0.05) is 52.0 Å². The van der Waals surface area contributed by atoms with Gasteiger partial charge in [0.25, 0.3) is 0 Å². The molecule has 21 heavy (non-hydrogen) atoms. The summed E-state index contributed by atoms with van der Waals surface area (Å²) in [6.07, 6.45) is 0.890. The number of nitrogen functional groups attached to an aromatic ring is 1. The molecule has 112 valence electrons. The van der Waals surface area contributed by atoms with Crippen LogP contribution in [0.3, 0.4) is 0 Å². The lowest BCUT2D eigenvalue weighted by atomic mass is 9.87. The molecule has 2 aromatic rings. The number of ether oxygens (including phenoxy) is 1. The Morgan fingerprint density at radius 3 is 2.29 bits per heavy atom. The predicted octanol–water partition coefficient (Wildman–Crippen LogP) is 3.21. The summed E-state index contributed by atoms with van der Waals surface area (Å²) in [6.45, 7) is 9.13. The van der Waals surface area contributed by atoms with Crippen molar-refractivity contribution < 1.29 is 4.74 Å². The molecule has 0 fully saturated rings. The molecule has 0 aliphatic carbocycles. The van der Waals surface area contributed by atoms with Gasteiger partial charge in [0, 0.05) is 5.56 Å². The molecular formula is C16H22N4O. The van der Waals surface area contributed by atoms with Crippen LogP contribution in [0.2, 0.25) is 0 Å². The summed E-state index contributed by atoms with van der Waals surface area (Å²) in [6, 6.07) is 8.45. The van der Waals surface area contributed by atoms with Crippen molar-refractivity contribution in [3.63, 3.8) is 0 Å². The maximum atomic E-state index is 5.73. The Kier molecular flexibility index (Phi) is 4.40. The number of hydrogen-bond donors (Lipinski definition) is 1. The van der Waals surface area contributed by atoms with E-state index in [1.54, 1.807) is 0 Å². The van der Waals surface area contributed by atoms with E-state index in [4.69, 9.17) is 10.5 Å². The summed E-state index contributed by atoms with van der Waals surface area (Å²) < 4.78 is 5.43. The Bertz CT molecular complexity index is 603. The van der Waals surface area contributed by atoms with E-state index in [0.29, 0.717) is 12.4 Å². The third-order valence-electron chi connectivity index (χ3n) is 3.08. The number of hydrogen-bond acceptors (Lipinski definition) is 5. The maximum absolute atomic E-state index is 5.73. The van der Waals surface area contributed by atoms with Gasteiger partial charge in [-0.3, -0.25) is 0 Å². The molecule has 0 amide bonds. The summed E-state index contributed by atoms with van der Waals surface area (Å²) in [5.74, 6) is 0.708. The summed E-state index contributed by atoms with van der Waals surface area (Å²) in [5, 5.41) is 0. The Hall–Kier alpha value is -2.17. The second kappa shape index (κ2) is 6.08. The largest absolute Gasteiger partial charge is 0.463 e.